The SMILES string of the molecule is CNCC(N)=NC(=N)NC(=O)NC(=O)CS. The molecular formula is C7H14N6O2S. The summed E-state index contributed by atoms with van der Waals surface area (Å²) >= 11 is 3.66. The van der Waals surface area contributed by atoms with Gasteiger partial charge in [0, 0.05) is 0 Å². The molecule has 3 amide bonds. The van der Waals surface area contributed by atoms with Gasteiger partial charge in [-0.15, -0.1) is 0 Å². The number of imide groups is 1. The lowest BCUT2D eigenvalue weighted by Gasteiger charge is -2.04. The van der Waals surface area contributed by atoms with Crippen LogP contribution in [0.2, 0.25) is 0 Å². The van der Waals surface area contributed by atoms with E-state index in [9.17, 15) is 9.59 Å². The summed E-state index contributed by atoms with van der Waals surface area (Å²) in [6.07, 6.45) is 0. The first-order valence-corrected chi connectivity index (χ1v) is 4.90. The van der Waals surface area contributed by atoms with Crippen LogP contribution in [0.1, 0.15) is 0 Å². The van der Waals surface area contributed by atoms with Crippen molar-refractivity contribution in [2.24, 2.45) is 10.7 Å². The van der Waals surface area contributed by atoms with E-state index in [0.29, 0.717) is 6.54 Å². The van der Waals surface area contributed by atoms with Gasteiger partial charge in [-0.05, 0) is 7.05 Å². The molecule has 0 spiro atoms. The van der Waals surface area contributed by atoms with E-state index >= 15 is 0 Å². The highest BCUT2D eigenvalue weighted by atomic mass is 32.1. The van der Waals surface area contributed by atoms with Crippen molar-refractivity contribution in [1.82, 2.24) is 16.0 Å². The number of carbonyl (C=O) groups is 2. The fraction of sp³-hybridized carbons (Fsp3) is 0.429. The van der Waals surface area contributed by atoms with Crippen LogP contribution in [0.3, 0.4) is 0 Å². The van der Waals surface area contributed by atoms with Crippen molar-refractivity contribution in [3.8, 4) is 0 Å². The molecule has 0 aromatic carbocycles. The van der Waals surface area contributed by atoms with Crippen LogP contribution in [0, 0.1) is 5.41 Å². The van der Waals surface area contributed by atoms with Gasteiger partial charge in [0.25, 0.3) is 0 Å². The molecule has 0 atom stereocenters. The minimum atomic E-state index is -0.843. The zero-order valence-electron chi connectivity index (χ0n) is 8.70. The first-order chi connectivity index (χ1) is 7.49. The van der Waals surface area contributed by atoms with Gasteiger partial charge in [-0.25, -0.2) is 4.79 Å². The maximum absolute atomic E-state index is 11.0. The molecule has 0 aliphatic heterocycles. The van der Waals surface area contributed by atoms with E-state index in [-0.39, 0.29) is 11.6 Å². The van der Waals surface area contributed by atoms with E-state index in [4.69, 9.17) is 11.1 Å². The van der Waals surface area contributed by atoms with Gasteiger partial charge in [0.15, 0.2) is 0 Å². The summed E-state index contributed by atoms with van der Waals surface area (Å²) in [6.45, 7) is 0.293. The zero-order chi connectivity index (χ0) is 12.6. The van der Waals surface area contributed by atoms with Gasteiger partial charge in [-0.2, -0.15) is 17.6 Å². The van der Waals surface area contributed by atoms with Crippen LogP contribution in [-0.2, 0) is 4.79 Å². The molecule has 0 unspecified atom stereocenters. The second-order valence-corrected chi connectivity index (χ2v) is 2.96. The molecule has 0 saturated heterocycles. The van der Waals surface area contributed by atoms with Gasteiger partial charge in [-0.3, -0.25) is 20.8 Å². The normalized spacial score (nSPS) is 10.8. The number of nitrogens with zero attached hydrogens (tertiary/aromatic N) is 1. The molecule has 8 nitrogen and oxygen atoms in total. The summed E-state index contributed by atoms with van der Waals surface area (Å²) in [5, 5.41) is 13.9. The maximum atomic E-state index is 11.0. The Balaban J connectivity index is 4.10. The Bertz CT molecular complexity index is 316. The van der Waals surface area contributed by atoms with Crippen LogP contribution in [-0.4, -0.2) is 43.1 Å². The molecule has 16 heavy (non-hydrogen) atoms. The van der Waals surface area contributed by atoms with Gasteiger partial charge in [0.1, 0.15) is 5.84 Å². The lowest BCUT2D eigenvalue weighted by atomic mass is 10.6. The standard InChI is InChI=1S/C7H14N6O2S/c1-10-2-4(8)11-6(9)13-7(15)12-5(14)3-16/h10,16H,2-3H2,1H3,(H5,8,9,11,12,13,14,15). The Morgan fingerprint density at radius 3 is 2.56 bits per heavy atom. The number of amides is 3. The number of nitrogens with one attached hydrogen (secondary N) is 4. The predicted octanol–water partition coefficient (Wildman–Crippen LogP) is -1.75. The number of nitrogens with two attached hydrogens (primary N) is 1. The summed E-state index contributed by atoms with van der Waals surface area (Å²) in [6, 6.07) is -0.843. The summed E-state index contributed by atoms with van der Waals surface area (Å²) in [5.41, 5.74) is 5.38. The van der Waals surface area contributed by atoms with Crippen molar-refractivity contribution >= 4 is 36.4 Å². The average molecular weight is 246 g/mol. The fourth-order valence-corrected chi connectivity index (χ4v) is 0.776. The lowest BCUT2D eigenvalue weighted by Crippen LogP contribution is -2.43. The Morgan fingerprint density at radius 2 is 2.06 bits per heavy atom. The summed E-state index contributed by atoms with van der Waals surface area (Å²) < 4.78 is 0. The van der Waals surface area contributed by atoms with Gasteiger partial charge in [0.05, 0.1) is 12.3 Å². The highest BCUT2D eigenvalue weighted by Crippen LogP contribution is 1.76. The van der Waals surface area contributed by atoms with E-state index < -0.39 is 17.9 Å². The van der Waals surface area contributed by atoms with E-state index in [0.717, 1.165) is 0 Å². The Hall–Kier alpha value is -1.61. The van der Waals surface area contributed by atoms with Gasteiger partial charge >= 0.3 is 6.03 Å². The van der Waals surface area contributed by atoms with Crippen LogP contribution in [0.25, 0.3) is 0 Å². The molecule has 0 aliphatic rings. The Labute approximate surface area is 98.0 Å². The maximum Gasteiger partial charge on any atom is 0.328 e. The van der Waals surface area contributed by atoms with Crippen LogP contribution in [0.5, 0.6) is 0 Å². The van der Waals surface area contributed by atoms with Crippen molar-refractivity contribution in [2.45, 2.75) is 0 Å². The van der Waals surface area contributed by atoms with Gasteiger partial charge < -0.3 is 11.1 Å². The molecule has 0 rings (SSSR count). The van der Waals surface area contributed by atoms with E-state index in [1.165, 1.54) is 0 Å². The van der Waals surface area contributed by atoms with Crippen LogP contribution in [0.15, 0.2) is 4.99 Å². The molecule has 0 saturated carbocycles. The van der Waals surface area contributed by atoms with E-state index in [1.807, 2.05) is 10.6 Å². The third-order valence-corrected chi connectivity index (χ3v) is 1.53. The molecule has 0 aliphatic carbocycles. The average Bonchev–Trinajstić information content (AvgIpc) is 2.16. The smallest absolute Gasteiger partial charge is 0.328 e. The lowest BCUT2D eigenvalue weighted by molar-refractivity contribution is -0.117. The van der Waals surface area contributed by atoms with Crippen LogP contribution in [0.4, 0.5) is 4.79 Å². The van der Waals surface area contributed by atoms with Crippen molar-refractivity contribution in [1.29, 1.82) is 5.41 Å². The highest BCUT2D eigenvalue weighted by Gasteiger charge is 2.07. The van der Waals surface area contributed by atoms with Gasteiger partial charge in [0.2, 0.25) is 11.9 Å². The number of hydrogen-bond acceptors (Lipinski definition) is 5. The van der Waals surface area contributed by atoms with Crippen molar-refractivity contribution in [2.75, 3.05) is 19.3 Å². The number of carbonyl (C=O) groups excluding carboxylic acids is 2. The Kier molecular flexibility index (Phi) is 6.88. The fourth-order valence-electron chi connectivity index (χ4n) is 0.697. The number of aliphatic imine (C=N–C) groups is 1. The Morgan fingerprint density at radius 1 is 1.44 bits per heavy atom. The van der Waals surface area contributed by atoms with Crippen LogP contribution < -0.4 is 21.7 Å². The third-order valence-electron chi connectivity index (χ3n) is 1.24. The van der Waals surface area contributed by atoms with Crippen LogP contribution >= 0.6 is 12.6 Å². The minimum Gasteiger partial charge on any atom is -0.386 e. The molecular weight excluding hydrogens is 232 g/mol. The minimum absolute atomic E-state index is 0.119. The zero-order valence-corrected chi connectivity index (χ0v) is 9.60. The largest absolute Gasteiger partial charge is 0.386 e. The number of rotatable bonds is 3. The van der Waals surface area contributed by atoms with E-state index in [1.54, 1.807) is 7.05 Å². The quantitative estimate of drug-likeness (QED) is 0.200. The number of hydrogen-bond donors (Lipinski definition) is 6. The molecule has 90 valence electrons. The molecule has 0 aromatic heterocycles. The topological polar surface area (TPSA) is 132 Å². The number of guanidine groups is 1. The van der Waals surface area contributed by atoms with Crippen molar-refractivity contribution < 1.29 is 9.59 Å². The van der Waals surface area contributed by atoms with Gasteiger partial charge in [-0.1, -0.05) is 0 Å². The molecule has 9 heteroatoms. The molecule has 6 N–H and O–H groups in total. The monoisotopic (exact) mass is 246 g/mol. The first kappa shape index (κ1) is 14.4. The summed E-state index contributed by atoms with van der Waals surface area (Å²) in [5.74, 6) is -0.988. The summed E-state index contributed by atoms with van der Waals surface area (Å²) in [4.78, 5) is 25.3. The molecule has 0 bridgehead atoms. The second kappa shape index (κ2) is 7.65. The number of amidine groups is 1. The second-order valence-electron chi connectivity index (χ2n) is 2.64. The first-order valence-electron chi connectivity index (χ1n) is 4.27. The molecule has 0 radical (unpaired) electrons. The highest BCUT2D eigenvalue weighted by molar-refractivity contribution is 7.81. The third kappa shape index (κ3) is 6.79. The number of urea groups is 1. The number of likely N-dealkylation sites (N-methyl/N-ethyl adjacent to an activating group) is 1. The predicted molar refractivity (Wildman–Crippen MR) is 63.8 cm³/mol. The molecule has 0 aromatic rings. The molecule has 0 fully saturated rings. The van der Waals surface area contributed by atoms with Crippen molar-refractivity contribution in [3.05, 3.63) is 0 Å². The number of thiol groups is 1. The molecule has 0 heterocycles. The summed E-state index contributed by atoms with van der Waals surface area (Å²) in [7, 11) is 1.66. The van der Waals surface area contributed by atoms with Crippen molar-refractivity contribution in [3.63, 3.8) is 0 Å². The van der Waals surface area contributed by atoms with E-state index in [2.05, 4.69) is 22.9 Å².